The minimum Gasteiger partial charge on any atom is -0.480 e. The number of thiazole rings is 1. The molecule has 10 heteroatoms. The monoisotopic (exact) mass is 305 g/mol. The van der Waals surface area contributed by atoms with Crippen molar-refractivity contribution in [1.82, 2.24) is 15.2 Å². The Hall–Kier alpha value is -2.23. The van der Waals surface area contributed by atoms with E-state index in [2.05, 4.69) is 15.2 Å². The lowest BCUT2D eigenvalue weighted by Gasteiger charge is -2.02. The van der Waals surface area contributed by atoms with E-state index < -0.39 is 22.7 Å². The Labute approximate surface area is 113 Å². The second-order valence-electron chi connectivity index (χ2n) is 3.46. The molecule has 0 atom stereocenters. The van der Waals surface area contributed by atoms with Crippen molar-refractivity contribution in [3.63, 3.8) is 0 Å². The molecule has 2 heterocycles. The van der Waals surface area contributed by atoms with Crippen LogP contribution in [0.1, 0.15) is 15.4 Å². The lowest BCUT2D eigenvalue weighted by molar-refractivity contribution is -0.141. The van der Waals surface area contributed by atoms with Crippen molar-refractivity contribution in [2.45, 2.75) is 6.18 Å². The fourth-order valence-electron chi connectivity index (χ4n) is 1.31. The molecule has 0 fully saturated rings. The molecular formula is C10H6F3N3O3S. The van der Waals surface area contributed by atoms with Crippen LogP contribution >= 0.6 is 11.3 Å². The SMILES string of the molecule is COc1ccc(-c2nc(C(F)(F)F)c(C(=O)O)s2)nn1. The van der Waals surface area contributed by atoms with Crippen LogP contribution < -0.4 is 4.74 Å². The van der Waals surface area contributed by atoms with Gasteiger partial charge in [-0.25, -0.2) is 9.78 Å². The van der Waals surface area contributed by atoms with E-state index in [1.165, 1.54) is 19.2 Å². The van der Waals surface area contributed by atoms with Crippen LogP contribution in [0, 0.1) is 0 Å². The first-order chi connectivity index (χ1) is 9.32. The smallest absolute Gasteiger partial charge is 0.435 e. The average Bonchev–Trinajstić information content (AvgIpc) is 2.84. The van der Waals surface area contributed by atoms with Gasteiger partial charge in [0, 0.05) is 6.07 Å². The van der Waals surface area contributed by atoms with Crippen molar-refractivity contribution < 1.29 is 27.8 Å². The number of aromatic carboxylic acids is 1. The van der Waals surface area contributed by atoms with Gasteiger partial charge in [0.05, 0.1) is 7.11 Å². The molecule has 2 rings (SSSR count). The van der Waals surface area contributed by atoms with Gasteiger partial charge in [-0.3, -0.25) is 0 Å². The van der Waals surface area contributed by atoms with E-state index in [-0.39, 0.29) is 16.6 Å². The highest BCUT2D eigenvalue weighted by Gasteiger charge is 2.40. The maximum Gasteiger partial charge on any atom is 0.435 e. The summed E-state index contributed by atoms with van der Waals surface area (Å²) >= 11 is 0.387. The summed E-state index contributed by atoms with van der Waals surface area (Å²) in [5.74, 6) is -1.51. The minimum absolute atomic E-state index is 0.0359. The van der Waals surface area contributed by atoms with Crippen LogP contribution in [0.2, 0.25) is 0 Å². The maximum atomic E-state index is 12.7. The highest BCUT2D eigenvalue weighted by atomic mass is 32.1. The van der Waals surface area contributed by atoms with Crippen molar-refractivity contribution in [3.8, 4) is 16.6 Å². The molecule has 0 saturated carbocycles. The first kappa shape index (κ1) is 14.2. The predicted octanol–water partition coefficient (Wildman–Crippen LogP) is 2.33. The van der Waals surface area contributed by atoms with Gasteiger partial charge in [0.1, 0.15) is 15.6 Å². The van der Waals surface area contributed by atoms with Gasteiger partial charge in [-0.2, -0.15) is 13.2 Å². The largest absolute Gasteiger partial charge is 0.480 e. The molecule has 0 aliphatic carbocycles. The highest BCUT2D eigenvalue weighted by molar-refractivity contribution is 7.17. The summed E-state index contributed by atoms with van der Waals surface area (Å²) in [6, 6.07) is 2.73. The van der Waals surface area contributed by atoms with E-state index in [0.717, 1.165) is 0 Å². The molecule has 0 saturated heterocycles. The van der Waals surface area contributed by atoms with E-state index >= 15 is 0 Å². The van der Waals surface area contributed by atoms with E-state index in [4.69, 9.17) is 9.84 Å². The third-order valence-corrected chi connectivity index (χ3v) is 3.22. The molecule has 0 unspecified atom stereocenters. The summed E-state index contributed by atoms with van der Waals surface area (Å²) in [5.41, 5.74) is -1.41. The number of carboxylic acids is 1. The van der Waals surface area contributed by atoms with Crippen molar-refractivity contribution in [2.24, 2.45) is 0 Å². The number of rotatable bonds is 3. The normalized spacial score (nSPS) is 11.4. The zero-order valence-electron chi connectivity index (χ0n) is 9.80. The second-order valence-corrected chi connectivity index (χ2v) is 4.46. The van der Waals surface area contributed by atoms with Gasteiger partial charge in [-0.1, -0.05) is 0 Å². The van der Waals surface area contributed by atoms with Gasteiger partial charge < -0.3 is 9.84 Å². The summed E-state index contributed by atoms with van der Waals surface area (Å²) in [4.78, 5) is 13.2. The Morgan fingerprint density at radius 3 is 2.45 bits per heavy atom. The lowest BCUT2D eigenvalue weighted by atomic mass is 10.3. The molecule has 6 nitrogen and oxygen atoms in total. The topological polar surface area (TPSA) is 85.2 Å². The zero-order valence-corrected chi connectivity index (χ0v) is 10.6. The second kappa shape index (κ2) is 5.04. The number of carbonyl (C=O) groups is 1. The van der Waals surface area contributed by atoms with Crippen molar-refractivity contribution in [3.05, 3.63) is 22.7 Å². The summed E-state index contributed by atoms with van der Waals surface area (Å²) in [5, 5.41) is 15.8. The lowest BCUT2D eigenvalue weighted by Crippen LogP contribution is -2.11. The van der Waals surface area contributed by atoms with Crippen LogP contribution in [0.3, 0.4) is 0 Å². The van der Waals surface area contributed by atoms with Crippen LogP contribution in [0.25, 0.3) is 10.7 Å². The standard InChI is InChI=1S/C10H6F3N3O3S/c1-19-5-3-2-4(15-16-5)8-14-7(10(11,12)13)6(20-8)9(17)18/h2-3H,1H3,(H,17,18). The number of hydrogen-bond acceptors (Lipinski definition) is 6. The molecule has 0 bridgehead atoms. The molecule has 20 heavy (non-hydrogen) atoms. The zero-order chi connectivity index (χ0) is 14.9. The first-order valence-electron chi connectivity index (χ1n) is 5.02. The molecule has 0 aliphatic rings. The van der Waals surface area contributed by atoms with Gasteiger partial charge >= 0.3 is 12.1 Å². The summed E-state index contributed by atoms with van der Waals surface area (Å²) in [7, 11) is 1.36. The van der Waals surface area contributed by atoms with Crippen LogP contribution in [0.15, 0.2) is 12.1 Å². The van der Waals surface area contributed by atoms with Gasteiger partial charge in [-0.05, 0) is 6.07 Å². The molecule has 106 valence electrons. The average molecular weight is 305 g/mol. The first-order valence-corrected chi connectivity index (χ1v) is 5.84. The van der Waals surface area contributed by atoms with Gasteiger partial charge in [0.15, 0.2) is 5.69 Å². The van der Waals surface area contributed by atoms with E-state index in [9.17, 15) is 18.0 Å². The van der Waals surface area contributed by atoms with Crippen molar-refractivity contribution in [1.29, 1.82) is 0 Å². The summed E-state index contributed by atoms with van der Waals surface area (Å²) in [6.45, 7) is 0. The number of halogens is 3. The van der Waals surface area contributed by atoms with Gasteiger partial charge in [-0.15, -0.1) is 21.5 Å². The Morgan fingerprint density at radius 2 is 2.05 bits per heavy atom. The summed E-state index contributed by atoms with van der Waals surface area (Å²) < 4.78 is 42.8. The van der Waals surface area contributed by atoms with Crippen LogP contribution in [-0.4, -0.2) is 33.4 Å². The fourth-order valence-corrected chi connectivity index (χ4v) is 2.20. The third-order valence-electron chi connectivity index (χ3n) is 2.16. The van der Waals surface area contributed by atoms with Gasteiger partial charge in [0.2, 0.25) is 5.88 Å². The summed E-state index contributed by atoms with van der Waals surface area (Å²) in [6.07, 6.45) is -4.84. The van der Waals surface area contributed by atoms with E-state index in [1.54, 1.807) is 0 Å². The molecule has 0 aliphatic heterocycles. The number of alkyl halides is 3. The minimum atomic E-state index is -4.84. The fraction of sp³-hybridized carbons (Fsp3) is 0.200. The molecule has 0 aromatic carbocycles. The van der Waals surface area contributed by atoms with Crippen LogP contribution in [-0.2, 0) is 6.18 Å². The van der Waals surface area contributed by atoms with Crippen LogP contribution in [0.4, 0.5) is 13.2 Å². The Balaban J connectivity index is 2.50. The van der Waals surface area contributed by atoms with Crippen molar-refractivity contribution >= 4 is 17.3 Å². The van der Waals surface area contributed by atoms with E-state index in [0.29, 0.717) is 11.3 Å². The molecule has 0 radical (unpaired) electrons. The van der Waals surface area contributed by atoms with Gasteiger partial charge in [0.25, 0.3) is 0 Å². The third kappa shape index (κ3) is 2.69. The van der Waals surface area contributed by atoms with E-state index in [1.807, 2.05) is 0 Å². The Bertz CT molecular complexity index is 639. The number of carboxylic acid groups (broad SMARTS) is 1. The number of aromatic nitrogens is 3. The maximum absolute atomic E-state index is 12.7. The molecule has 2 aromatic heterocycles. The molecule has 1 N–H and O–H groups in total. The number of methoxy groups -OCH3 is 1. The molecule has 0 amide bonds. The predicted molar refractivity (Wildman–Crippen MR) is 61.7 cm³/mol. The highest BCUT2D eigenvalue weighted by Crippen LogP contribution is 2.37. The number of hydrogen-bond donors (Lipinski definition) is 1. The van der Waals surface area contributed by atoms with Crippen molar-refractivity contribution in [2.75, 3.05) is 7.11 Å². The quantitative estimate of drug-likeness (QED) is 0.936. The Kier molecular flexibility index (Phi) is 3.57. The number of nitrogens with zero attached hydrogens (tertiary/aromatic N) is 3. The molecular weight excluding hydrogens is 299 g/mol. The number of ether oxygens (including phenoxy) is 1. The Morgan fingerprint density at radius 1 is 1.35 bits per heavy atom. The molecule has 2 aromatic rings. The van der Waals surface area contributed by atoms with Crippen LogP contribution in [0.5, 0.6) is 5.88 Å². The molecule has 0 spiro atoms.